The molecule has 0 radical (unpaired) electrons. The third-order valence-corrected chi connectivity index (χ3v) is 4.75. The van der Waals surface area contributed by atoms with Crippen LogP contribution in [0, 0.1) is 13.8 Å². The molecule has 1 N–H and O–H groups in total. The maximum Gasteiger partial charge on any atom is 0.230 e. The van der Waals surface area contributed by atoms with Gasteiger partial charge in [0, 0.05) is 24.7 Å². The van der Waals surface area contributed by atoms with Gasteiger partial charge in [-0.15, -0.1) is 10.2 Å². The first kappa shape index (κ1) is 16.3. The highest BCUT2D eigenvalue weighted by Gasteiger charge is 2.15. The maximum atomic E-state index is 12.3. The monoisotopic (exact) mass is 341 g/mol. The van der Waals surface area contributed by atoms with Gasteiger partial charge in [-0.25, -0.2) is 0 Å². The van der Waals surface area contributed by atoms with Gasteiger partial charge in [-0.3, -0.25) is 9.48 Å². The topological polar surface area (TPSA) is 72.7 Å². The molecule has 3 aromatic rings. The van der Waals surface area contributed by atoms with Crippen molar-refractivity contribution in [2.75, 3.05) is 5.32 Å². The molecular formula is C17H19N5OS. The summed E-state index contributed by atoms with van der Waals surface area (Å²) in [5, 5.41) is 16.8. The molecule has 0 saturated carbocycles. The molecule has 0 aliphatic carbocycles. The van der Waals surface area contributed by atoms with Crippen LogP contribution >= 0.6 is 11.3 Å². The van der Waals surface area contributed by atoms with E-state index in [0.29, 0.717) is 11.6 Å². The Bertz CT molecular complexity index is 853. The highest BCUT2D eigenvalue weighted by molar-refractivity contribution is 7.15. The molecule has 0 bridgehead atoms. The summed E-state index contributed by atoms with van der Waals surface area (Å²) in [6.45, 7) is 3.88. The van der Waals surface area contributed by atoms with Crippen molar-refractivity contribution in [1.29, 1.82) is 0 Å². The molecule has 0 aliphatic rings. The summed E-state index contributed by atoms with van der Waals surface area (Å²) in [5.41, 5.74) is 4.02. The van der Waals surface area contributed by atoms with Crippen molar-refractivity contribution in [2.24, 2.45) is 7.05 Å². The molecule has 0 atom stereocenters. The van der Waals surface area contributed by atoms with Gasteiger partial charge in [-0.05, 0) is 19.4 Å². The Balaban J connectivity index is 1.63. The molecule has 1 aromatic carbocycles. The Hall–Kier alpha value is -2.54. The number of aromatic nitrogens is 4. The molecule has 1 amide bonds. The average Bonchev–Trinajstić information content (AvgIpc) is 3.08. The predicted molar refractivity (Wildman–Crippen MR) is 94.2 cm³/mol. The van der Waals surface area contributed by atoms with Crippen molar-refractivity contribution in [2.45, 2.75) is 26.7 Å². The number of hydrogen-bond acceptors (Lipinski definition) is 5. The smallest absolute Gasteiger partial charge is 0.230 e. The minimum absolute atomic E-state index is 0.100. The highest BCUT2D eigenvalue weighted by atomic mass is 32.1. The lowest BCUT2D eigenvalue weighted by molar-refractivity contribution is -0.115. The van der Waals surface area contributed by atoms with E-state index in [2.05, 4.69) is 20.6 Å². The van der Waals surface area contributed by atoms with E-state index < -0.39 is 0 Å². The molecule has 0 saturated heterocycles. The van der Waals surface area contributed by atoms with Crippen molar-refractivity contribution < 1.29 is 4.79 Å². The van der Waals surface area contributed by atoms with Gasteiger partial charge in [-0.2, -0.15) is 5.10 Å². The minimum Gasteiger partial charge on any atom is -0.300 e. The zero-order chi connectivity index (χ0) is 17.1. The first-order chi connectivity index (χ1) is 11.5. The molecule has 6 nitrogen and oxygen atoms in total. The summed E-state index contributed by atoms with van der Waals surface area (Å²) in [6.07, 6.45) is 1.01. The van der Waals surface area contributed by atoms with Crippen LogP contribution in [-0.2, 0) is 24.7 Å². The number of nitrogens with zero attached hydrogens (tertiary/aromatic N) is 4. The quantitative estimate of drug-likeness (QED) is 0.774. The van der Waals surface area contributed by atoms with Crippen molar-refractivity contribution in [3.05, 3.63) is 57.9 Å². The second-order valence-corrected chi connectivity index (χ2v) is 6.72. The second kappa shape index (κ2) is 6.92. The van der Waals surface area contributed by atoms with Crippen molar-refractivity contribution in [1.82, 2.24) is 20.0 Å². The molecule has 0 spiro atoms. The van der Waals surface area contributed by atoms with Crippen LogP contribution in [-0.4, -0.2) is 25.9 Å². The Morgan fingerprint density at radius 3 is 2.62 bits per heavy atom. The zero-order valence-corrected chi connectivity index (χ0v) is 14.7. The molecule has 0 fully saturated rings. The Morgan fingerprint density at radius 2 is 1.96 bits per heavy atom. The van der Waals surface area contributed by atoms with Crippen LogP contribution in [0.3, 0.4) is 0 Å². The summed E-state index contributed by atoms with van der Waals surface area (Å²) < 4.78 is 1.79. The fraction of sp³-hybridized carbons (Fsp3) is 0.294. The Labute approximate surface area is 144 Å². The Kier molecular flexibility index (Phi) is 4.71. The summed E-state index contributed by atoms with van der Waals surface area (Å²) >= 11 is 1.41. The first-order valence-electron chi connectivity index (χ1n) is 7.68. The third kappa shape index (κ3) is 3.68. The third-order valence-electron chi connectivity index (χ3n) is 3.91. The zero-order valence-electron chi connectivity index (χ0n) is 13.9. The first-order valence-corrected chi connectivity index (χ1v) is 8.50. The van der Waals surface area contributed by atoms with Gasteiger partial charge >= 0.3 is 0 Å². The number of rotatable bonds is 5. The largest absolute Gasteiger partial charge is 0.300 e. The van der Waals surface area contributed by atoms with Gasteiger partial charge < -0.3 is 5.32 Å². The van der Waals surface area contributed by atoms with E-state index in [1.807, 2.05) is 51.2 Å². The minimum atomic E-state index is -0.100. The van der Waals surface area contributed by atoms with Gasteiger partial charge in [0.2, 0.25) is 11.0 Å². The van der Waals surface area contributed by atoms with Gasteiger partial charge in [-0.1, -0.05) is 41.7 Å². The summed E-state index contributed by atoms with van der Waals surface area (Å²) in [6, 6.07) is 10.1. The molecular weight excluding hydrogens is 322 g/mol. The van der Waals surface area contributed by atoms with Crippen LogP contribution in [0.25, 0.3) is 0 Å². The number of nitrogens with one attached hydrogen (secondary N) is 1. The van der Waals surface area contributed by atoms with E-state index >= 15 is 0 Å². The van der Waals surface area contributed by atoms with Gasteiger partial charge in [0.15, 0.2) is 0 Å². The average molecular weight is 341 g/mol. The van der Waals surface area contributed by atoms with E-state index in [1.54, 1.807) is 4.68 Å². The standard InChI is InChI=1S/C17H19N5OS/c1-11-14(12(2)22(3)21-11)10-15(23)18-17-20-19-16(24-17)9-13-7-5-4-6-8-13/h4-8H,9-10H2,1-3H3,(H,18,20,23). The van der Waals surface area contributed by atoms with Crippen LogP contribution in [0.4, 0.5) is 5.13 Å². The number of carbonyl (C=O) groups excluding carboxylic acids is 1. The highest BCUT2D eigenvalue weighted by Crippen LogP contribution is 2.19. The summed E-state index contributed by atoms with van der Waals surface area (Å²) in [4.78, 5) is 12.3. The second-order valence-electron chi connectivity index (χ2n) is 5.66. The van der Waals surface area contributed by atoms with Crippen LogP contribution < -0.4 is 5.32 Å². The number of amides is 1. The van der Waals surface area contributed by atoms with Crippen LogP contribution in [0.5, 0.6) is 0 Å². The van der Waals surface area contributed by atoms with E-state index in [1.165, 1.54) is 16.9 Å². The molecule has 24 heavy (non-hydrogen) atoms. The van der Waals surface area contributed by atoms with Crippen LogP contribution in [0.15, 0.2) is 30.3 Å². The van der Waals surface area contributed by atoms with Gasteiger partial charge in [0.05, 0.1) is 12.1 Å². The lowest BCUT2D eigenvalue weighted by Crippen LogP contribution is -2.15. The van der Waals surface area contributed by atoms with Crippen molar-refractivity contribution >= 4 is 22.4 Å². The van der Waals surface area contributed by atoms with Crippen LogP contribution in [0.1, 0.15) is 27.5 Å². The van der Waals surface area contributed by atoms with Gasteiger partial charge in [0.25, 0.3) is 0 Å². The van der Waals surface area contributed by atoms with Crippen LogP contribution in [0.2, 0.25) is 0 Å². The normalized spacial score (nSPS) is 10.8. The maximum absolute atomic E-state index is 12.3. The van der Waals surface area contributed by atoms with Crippen molar-refractivity contribution in [3.8, 4) is 0 Å². The lowest BCUT2D eigenvalue weighted by Gasteiger charge is -2.02. The number of benzene rings is 1. The fourth-order valence-electron chi connectivity index (χ4n) is 2.54. The Morgan fingerprint density at radius 1 is 1.21 bits per heavy atom. The molecule has 0 aliphatic heterocycles. The summed E-state index contributed by atoms with van der Waals surface area (Å²) in [5.74, 6) is -0.100. The molecule has 7 heteroatoms. The van der Waals surface area contributed by atoms with E-state index in [0.717, 1.165) is 28.4 Å². The lowest BCUT2D eigenvalue weighted by atomic mass is 10.1. The fourth-order valence-corrected chi connectivity index (χ4v) is 3.33. The number of aryl methyl sites for hydroxylation is 2. The summed E-state index contributed by atoms with van der Waals surface area (Å²) in [7, 11) is 1.88. The number of hydrogen-bond donors (Lipinski definition) is 1. The molecule has 3 rings (SSSR count). The molecule has 0 unspecified atom stereocenters. The number of carbonyl (C=O) groups is 1. The molecule has 2 heterocycles. The SMILES string of the molecule is Cc1nn(C)c(C)c1CC(=O)Nc1nnc(Cc2ccccc2)s1. The van der Waals surface area contributed by atoms with Crippen molar-refractivity contribution in [3.63, 3.8) is 0 Å². The van der Waals surface area contributed by atoms with E-state index in [4.69, 9.17) is 0 Å². The van der Waals surface area contributed by atoms with Gasteiger partial charge in [0.1, 0.15) is 5.01 Å². The predicted octanol–water partition coefficient (Wildman–Crippen LogP) is 2.66. The molecule has 124 valence electrons. The molecule has 2 aromatic heterocycles. The van der Waals surface area contributed by atoms with E-state index in [9.17, 15) is 4.79 Å². The van der Waals surface area contributed by atoms with E-state index in [-0.39, 0.29) is 5.91 Å². The number of anilines is 1.